The van der Waals surface area contributed by atoms with Gasteiger partial charge in [0.25, 0.3) is 0 Å². The van der Waals surface area contributed by atoms with Crippen LogP contribution in [0.2, 0.25) is 0 Å². The van der Waals surface area contributed by atoms with Crippen molar-refractivity contribution >= 4 is 5.97 Å². The Morgan fingerprint density at radius 3 is 2.30 bits per heavy atom. The Kier molecular flexibility index (Phi) is 5.97. The zero-order valence-electron chi connectivity index (χ0n) is 18.6. The van der Waals surface area contributed by atoms with Gasteiger partial charge in [0.15, 0.2) is 0 Å². The lowest BCUT2D eigenvalue weighted by Crippen LogP contribution is -2.34. The highest BCUT2D eigenvalue weighted by Gasteiger charge is 2.37. The maximum atomic E-state index is 11.8. The topological polar surface area (TPSA) is 55.8 Å². The van der Waals surface area contributed by atoms with Gasteiger partial charge in [0.05, 0.1) is 14.2 Å². The molecule has 0 aromatic heterocycles. The second-order valence-corrected chi connectivity index (χ2v) is 9.15. The fourth-order valence-electron chi connectivity index (χ4n) is 4.06. The fraction of sp³-hybridized carbons (Fsp3) is 0.423. The highest BCUT2D eigenvalue weighted by molar-refractivity contribution is 5.92. The molecule has 30 heavy (non-hydrogen) atoms. The molecule has 0 saturated carbocycles. The van der Waals surface area contributed by atoms with Gasteiger partial charge in [-0.05, 0) is 58.6 Å². The molecule has 1 atom stereocenters. The Morgan fingerprint density at radius 2 is 1.67 bits per heavy atom. The third-order valence-electron chi connectivity index (χ3n) is 6.15. The first kappa shape index (κ1) is 21.9. The molecule has 1 N–H and O–H groups in total. The zero-order chi connectivity index (χ0) is 22.1. The van der Waals surface area contributed by atoms with Gasteiger partial charge in [-0.3, -0.25) is 0 Å². The Hall–Kier alpha value is -2.77. The predicted octanol–water partition coefficient (Wildman–Crippen LogP) is 4.92. The smallest absolute Gasteiger partial charge is 0.341 e. The lowest BCUT2D eigenvalue weighted by Gasteiger charge is -2.42. The first-order chi connectivity index (χ1) is 14.1. The van der Waals surface area contributed by atoms with Crippen molar-refractivity contribution < 1.29 is 19.4 Å². The van der Waals surface area contributed by atoms with Gasteiger partial charge < -0.3 is 14.6 Å². The van der Waals surface area contributed by atoms with Crippen LogP contribution in [-0.2, 0) is 15.6 Å². The number of carbonyl (C=O) groups excluding carboxylic acids is 1. The van der Waals surface area contributed by atoms with Crippen LogP contribution in [0.15, 0.2) is 36.4 Å². The number of aliphatic hydroxyl groups excluding tert-OH is 1. The van der Waals surface area contributed by atoms with Crippen molar-refractivity contribution in [1.29, 1.82) is 0 Å². The number of aliphatic hydroxyl groups is 1. The maximum absolute atomic E-state index is 11.8. The van der Waals surface area contributed by atoms with E-state index in [1.807, 2.05) is 6.07 Å². The number of hydrogen-bond donors (Lipinski definition) is 1. The average Bonchev–Trinajstić information content (AvgIpc) is 2.74. The van der Waals surface area contributed by atoms with Crippen LogP contribution in [0.3, 0.4) is 0 Å². The van der Waals surface area contributed by atoms with Crippen LogP contribution in [0.4, 0.5) is 0 Å². The minimum atomic E-state index is -0.901. The summed E-state index contributed by atoms with van der Waals surface area (Å²) in [6.07, 6.45) is 1.37. The lowest BCUT2D eigenvalue weighted by molar-refractivity contribution is 0.0597. The maximum Gasteiger partial charge on any atom is 0.341 e. The molecular formula is C26H30O4. The molecule has 1 unspecified atom stereocenters. The Morgan fingerprint density at radius 1 is 1.00 bits per heavy atom. The molecule has 0 fully saturated rings. The summed E-state index contributed by atoms with van der Waals surface area (Å²) >= 11 is 0. The number of ether oxygens (including phenoxy) is 2. The van der Waals surface area contributed by atoms with E-state index >= 15 is 0 Å². The molecule has 1 aliphatic carbocycles. The van der Waals surface area contributed by atoms with Crippen LogP contribution in [0.5, 0.6) is 5.75 Å². The number of fused-ring (bicyclic) bond motifs is 1. The summed E-state index contributed by atoms with van der Waals surface area (Å²) in [5, 5.41) is 10.7. The molecule has 0 radical (unpaired) electrons. The van der Waals surface area contributed by atoms with Gasteiger partial charge in [0.2, 0.25) is 0 Å². The monoisotopic (exact) mass is 406 g/mol. The minimum absolute atomic E-state index is 0.0745. The zero-order valence-corrected chi connectivity index (χ0v) is 18.6. The number of carbonyl (C=O) groups is 1. The third-order valence-corrected chi connectivity index (χ3v) is 6.15. The van der Waals surface area contributed by atoms with E-state index in [1.54, 1.807) is 18.2 Å². The van der Waals surface area contributed by atoms with E-state index < -0.39 is 12.1 Å². The summed E-state index contributed by atoms with van der Waals surface area (Å²) in [6, 6.07) is 11.2. The van der Waals surface area contributed by atoms with Crippen molar-refractivity contribution in [2.24, 2.45) is 0 Å². The molecule has 4 nitrogen and oxygen atoms in total. The second-order valence-electron chi connectivity index (χ2n) is 9.15. The molecule has 0 spiro atoms. The van der Waals surface area contributed by atoms with Gasteiger partial charge in [-0.25, -0.2) is 4.79 Å². The van der Waals surface area contributed by atoms with Crippen LogP contribution in [0, 0.1) is 11.8 Å². The molecular weight excluding hydrogens is 376 g/mol. The lowest BCUT2D eigenvalue weighted by atomic mass is 9.63. The summed E-state index contributed by atoms with van der Waals surface area (Å²) in [4.78, 5) is 11.8. The number of esters is 1. The molecule has 2 aromatic rings. The van der Waals surface area contributed by atoms with Crippen LogP contribution in [0.1, 0.15) is 79.3 Å². The van der Waals surface area contributed by atoms with Gasteiger partial charge in [-0.2, -0.15) is 0 Å². The van der Waals surface area contributed by atoms with Crippen LogP contribution < -0.4 is 4.74 Å². The number of benzene rings is 2. The molecule has 0 bridgehead atoms. The molecule has 0 amide bonds. The van der Waals surface area contributed by atoms with Crippen LogP contribution >= 0.6 is 0 Å². The predicted molar refractivity (Wildman–Crippen MR) is 118 cm³/mol. The summed E-state index contributed by atoms with van der Waals surface area (Å²) in [5.74, 6) is 5.83. The summed E-state index contributed by atoms with van der Waals surface area (Å²) < 4.78 is 10.0. The summed E-state index contributed by atoms with van der Waals surface area (Å²) in [7, 11) is 2.82. The van der Waals surface area contributed by atoms with E-state index in [4.69, 9.17) is 9.47 Å². The summed E-state index contributed by atoms with van der Waals surface area (Å²) in [6.45, 7) is 9.08. The SMILES string of the molecule is COC(=O)c1ccc(C#CC(O)c2ccc3c(c2)C(C)(C)CCC3(C)C)cc1OC. The van der Waals surface area contributed by atoms with Crippen LogP contribution in [0.25, 0.3) is 0 Å². The van der Waals surface area contributed by atoms with Crippen molar-refractivity contribution in [2.45, 2.75) is 57.5 Å². The van der Waals surface area contributed by atoms with Gasteiger partial charge in [-0.1, -0.05) is 57.7 Å². The van der Waals surface area contributed by atoms with E-state index in [2.05, 4.69) is 51.7 Å². The molecule has 0 saturated heterocycles. The van der Waals surface area contributed by atoms with E-state index in [0.29, 0.717) is 16.9 Å². The van der Waals surface area contributed by atoms with E-state index in [9.17, 15) is 9.90 Å². The molecule has 158 valence electrons. The van der Waals surface area contributed by atoms with Crippen molar-refractivity contribution in [2.75, 3.05) is 14.2 Å². The van der Waals surface area contributed by atoms with Gasteiger partial charge in [0.1, 0.15) is 17.4 Å². The van der Waals surface area contributed by atoms with E-state index in [1.165, 1.54) is 25.3 Å². The van der Waals surface area contributed by atoms with E-state index in [-0.39, 0.29) is 10.8 Å². The Bertz CT molecular complexity index is 1020. The van der Waals surface area contributed by atoms with Gasteiger partial charge in [0, 0.05) is 5.56 Å². The van der Waals surface area contributed by atoms with Crippen molar-refractivity contribution in [1.82, 2.24) is 0 Å². The molecule has 0 heterocycles. The summed E-state index contributed by atoms with van der Waals surface area (Å²) in [5.41, 5.74) is 4.64. The number of rotatable bonds is 3. The molecule has 3 rings (SSSR count). The van der Waals surface area contributed by atoms with Crippen molar-refractivity contribution in [3.05, 3.63) is 64.2 Å². The fourth-order valence-corrected chi connectivity index (χ4v) is 4.06. The van der Waals surface area contributed by atoms with E-state index in [0.717, 1.165) is 18.4 Å². The molecule has 2 aromatic carbocycles. The molecule has 4 heteroatoms. The third kappa shape index (κ3) is 4.22. The van der Waals surface area contributed by atoms with Crippen molar-refractivity contribution in [3.8, 4) is 17.6 Å². The largest absolute Gasteiger partial charge is 0.496 e. The Labute approximate surface area is 179 Å². The number of hydrogen-bond acceptors (Lipinski definition) is 4. The molecule has 0 aliphatic heterocycles. The quantitative estimate of drug-likeness (QED) is 0.581. The molecule has 1 aliphatic rings. The highest BCUT2D eigenvalue weighted by Crippen LogP contribution is 2.46. The minimum Gasteiger partial charge on any atom is -0.496 e. The van der Waals surface area contributed by atoms with Gasteiger partial charge >= 0.3 is 5.97 Å². The normalized spacial score (nSPS) is 17.2. The average molecular weight is 407 g/mol. The standard InChI is InChI=1S/C26H30O4/c1-25(2)13-14-26(3,4)21-16-18(9-11-20(21)25)22(27)12-8-17-7-10-19(24(28)30-6)23(15-17)29-5/h7,9-11,15-16,22,27H,13-14H2,1-6H3. The first-order valence-corrected chi connectivity index (χ1v) is 10.2. The first-order valence-electron chi connectivity index (χ1n) is 10.2. The van der Waals surface area contributed by atoms with Crippen LogP contribution in [-0.4, -0.2) is 25.3 Å². The number of methoxy groups -OCH3 is 2. The van der Waals surface area contributed by atoms with Gasteiger partial charge in [-0.15, -0.1) is 0 Å². The second kappa shape index (κ2) is 8.16. The Balaban J connectivity index is 1.91. The van der Waals surface area contributed by atoms with Crippen molar-refractivity contribution in [3.63, 3.8) is 0 Å². The highest BCUT2D eigenvalue weighted by atomic mass is 16.5.